The first-order valence-electron chi connectivity index (χ1n) is 13.8. The predicted molar refractivity (Wildman–Crippen MR) is 161 cm³/mol. The Bertz CT molecular complexity index is 1520. The third-order valence-electron chi connectivity index (χ3n) is 8.23. The second-order valence-corrected chi connectivity index (χ2v) is 11.8. The summed E-state index contributed by atoms with van der Waals surface area (Å²) >= 11 is 1.42. The molecule has 3 aromatic rings. The molecule has 2 aliphatic rings. The van der Waals surface area contributed by atoms with E-state index in [0.717, 1.165) is 4.88 Å². The Labute approximate surface area is 253 Å². The summed E-state index contributed by atoms with van der Waals surface area (Å²) in [5.41, 5.74) is 3.43. The number of likely N-dealkylation sites (tertiary alicyclic amines) is 1. The van der Waals surface area contributed by atoms with Crippen LogP contribution in [0.15, 0.2) is 71.0 Å². The molecule has 43 heavy (non-hydrogen) atoms. The number of carbonyl (C=O) groups is 4. The summed E-state index contributed by atoms with van der Waals surface area (Å²) in [5.74, 6) is 1.01. The van der Waals surface area contributed by atoms with E-state index in [4.69, 9.17) is 4.74 Å². The largest absolute Gasteiger partial charge is 0.457 e. The summed E-state index contributed by atoms with van der Waals surface area (Å²) < 4.78 is 5.77. The second kappa shape index (κ2) is 12.7. The van der Waals surface area contributed by atoms with E-state index in [-0.39, 0.29) is 54.7 Å². The van der Waals surface area contributed by atoms with Gasteiger partial charge in [0.1, 0.15) is 17.5 Å². The van der Waals surface area contributed by atoms with Crippen molar-refractivity contribution in [3.8, 4) is 11.5 Å². The van der Waals surface area contributed by atoms with Gasteiger partial charge in [-0.3, -0.25) is 24.2 Å². The maximum Gasteiger partial charge on any atom is 0.320 e. The molecule has 2 aromatic carbocycles. The molecule has 1 aliphatic carbocycles. The van der Waals surface area contributed by atoms with Crippen molar-refractivity contribution in [1.29, 1.82) is 0 Å². The molecule has 0 radical (unpaired) electrons. The maximum atomic E-state index is 13.4. The molecule has 4 atom stereocenters. The Morgan fingerprint density at radius 3 is 2.49 bits per heavy atom. The molecule has 3 unspecified atom stereocenters. The molecule has 1 aromatic heterocycles. The normalized spacial score (nSPS) is 22.3. The molecule has 3 N–H and O–H groups in total. The van der Waals surface area contributed by atoms with Gasteiger partial charge in [0.05, 0.1) is 13.1 Å². The van der Waals surface area contributed by atoms with Gasteiger partial charge in [0.15, 0.2) is 5.84 Å². The van der Waals surface area contributed by atoms with Crippen LogP contribution < -0.4 is 20.9 Å². The SMILES string of the molecule is CN=C(NOC=O)c1csc(CNC(=O)C2C[C@]3(C)C(C)C3N2C(=O)CNC(=O)c2ccc(Oc3ccccc3)cc2)c1. The smallest absolute Gasteiger partial charge is 0.320 e. The summed E-state index contributed by atoms with van der Waals surface area (Å²) in [6.07, 6.45) is 0.558. The van der Waals surface area contributed by atoms with Gasteiger partial charge in [-0.15, -0.1) is 11.3 Å². The molecule has 11 nitrogen and oxygen atoms in total. The topological polar surface area (TPSA) is 138 Å². The number of hydrogen-bond donors (Lipinski definition) is 3. The Balaban J connectivity index is 1.17. The molecule has 5 rings (SSSR count). The fraction of sp³-hybridized carbons (Fsp3) is 0.323. The minimum Gasteiger partial charge on any atom is -0.457 e. The van der Waals surface area contributed by atoms with Crippen molar-refractivity contribution in [1.82, 2.24) is 21.0 Å². The number of para-hydroxylation sites is 1. The average Bonchev–Trinajstić information content (AvgIpc) is 3.35. The van der Waals surface area contributed by atoms with Crippen LogP contribution in [0.2, 0.25) is 0 Å². The molecule has 0 spiro atoms. The number of nitrogens with one attached hydrogen (secondary N) is 3. The highest BCUT2D eigenvalue weighted by Crippen LogP contribution is 2.63. The lowest BCUT2D eigenvalue weighted by Gasteiger charge is -2.28. The first-order valence-corrected chi connectivity index (χ1v) is 14.7. The Morgan fingerprint density at radius 1 is 1.07 bits per heavy atom. The molecule has 3 amide bonds. The molecular formula is C31H33N5O6S. The highest BCUT2D eigenvalue weighted by atomic mass is 32.1. The van der Waals surface area contributed by atoms with Crippen LogP contribution in [0.4, 0.5) is 0 Å². The Kier molecular flexibility index (Phi) is 8.76. The summed E-state index contributed by atoms with van der Waals surface area (Å²) in [5, 5.41) is 7.50. The summed E-state index contributed by atoms with van der Waals surface area (Å²) in [4.78, 5) is 61.2. The number of benzene rings is 2. The van der Waals surface area contributed by atoms with Gasteiger partial charge in [-0.05, 0) is 60.2 Å². The number of thiophene rings is 1. The number of hydrogen-bond acceptors (Lipinski definition) is 8. The van der Waals surface area contributed by atoms with Gasteiger partial charge >= 0.3 is 6.47 Å². The molecule has 1 aliphatic heterocycles. The lowest BCUT2D eigenvalue weighted by molar-refractivity contribution is -0.139. The molecule has 1 saturated carbocycles. The Hall–Kier alpha value is -4.71. The Morgan fingerprint density at radius 2 is 1.79 bits per heavy atom. The van der Waals surface area contributed by atoms with Crippen LogP contribution in [-0.2, 0) is 25.8 Å². The van der Waals surface area contributed by atoms with Crippen molar-refractivity contribution in [3.63, 3.8) is 0 Å². The van der Waals surface area contributed by atoms with Crippen LogP contribution in [0.1, 0.15) is 41.1 Å². The van der Waals surface area contributed by atoms with E-state index < -0.39 is 6.04 Å². The van der Waals surface area contributed by atoms with Crippen LogP contribution in [0.5, 0.6) is 11.5 Å². The van der Waals surface area contributed by atoms with Crippen molar-refractivity contribution < 1.29 is 28.8 Å². The van der Waals surface area contributed by atoms with Gasteiger partial charge in [-0.1, -0.05) is 32.0 Å². The highest BCUT2D eigenvalue weighted by molar-refractivity contribution is 7.10. The van der Waals surface area contributed by atoms with Crippen molar-refractivity contribution in [2.75, 3.05) is 13.6 Å². The van der Waals surface area contributed by atoms with Gasteiger partial charge in [0.2, 0.25) is 11.8 Å². The number of aliphatic imine (C=N–C) groups is 1. The van der Waals surface area contributed by atoms with E-state index in [1.165, 1.54) is 11.3 Å². The molecule has 0 bridgehead atoms. The number of amidine groups is 1. The first-order chi connectivity index (χ1) is 20.7. The lowest BCUT2D eigenvalue weighted by atomic mass is 9.98. The zero-order valence-electron chi connectivity index (χ0n) is 24.0. The minimum atomic E-state index is -0.625. The standard InChI is InChI=1S/C31H33N5O6S/c1-19-27-31(19,2)14-25(30(40)33-15-24-13-21(17-43-24)28(32-3)35-41-18-37)36(27)26(38)16-34-29(39)20-9-11-23(12-10-20)42-22-7-5-4-6-8-22/h4-13,17-19,25,27H,14-16H2,1-3H3,(H,32,35)(H,33,40)(H,34,39)/t19?,25?,27?,31-/m1/s1. The van der Waals surface area contributed by atoms with Gasteiger partial charge in [0, 0.05) is 34.5 Å². The minimum absolute atomic E-state index is 0.0531. The quantitative estimate of drug-likeness (QED) is 0.132. The van der Waals surface area contributed by atoms with Crippen LogP contribution in [0, 0.1) is 11.3 Å². The van der Waals surface area contributed by atoms with Gasteiger partial charge in [-0.25, -0.2) is 5.48 Å². The molecule has 2 fully saturated rings. The number of rotatable bonds is 11. The number of fused-ring (bicyclic) bond motifs is 1. The number of nitrogens with zero attached hydrogens (tertiary/aromatic N) is 2. The third kappa shape index (κ3) is 6.38. The monoisotopic (exact) mass is 603 g/mol. The number of piperidine rings is 1. The molecule has 224 valence electrons. The van der Waals surface area contributed by atoms with Crippen molar-refractivity contribution in [2.24, 2.45) is 16.3 Å². The van der Waals surface area contributed by atoms with Crippen LogP contribution >= 0.6 is 11.3 Å². The summed E-state index contributed by atoms with van der Waals surface area (Å²) in [6.45, 7) is 4.50. The van der Waals surface area contributed by atoms with Gasteiger partial charge < -0.3 is 25.1 Å². The number of amides is 3. The number of hydroxylamine groups is 1. The van der Waals surface area contributed by atoms with E-state index in [0.29, 0.717) is 34.9 Å². The van der Waals surface area contributed by atoms with Gasteiger partial charge in [0.25, 0.3) is 5.91 Å². The van der Waals surface area contributed by atoms with E-state index in [9.17, 15) is 19.2 Å². The van der Waals surface area contributed by atoms with Crippen LogP contribution in [0.25, 0.3) is 0 Å². The fourth-order valence-electron chi connectivity index (χ4n) is 5.74. The molecule has 1 saturated heterocycles. The summed E-state index contributed by atoms with van der Waals surface area (Å²) in [6, 6.07) is 17.2. The lowest BCUT2D eigenvalue weighted by Crippen LogP contribution is -2.51. The van der Waals surface area contributed by atoms with Crippen molar-refractivity contribution >= 4 is 41.4 Å². The van der Waals surface area contributed by atoms with Crippen molar-refractivity contribution in [3.05, 3.63) is 82.0 Å². The number of carbonyl (C=O) groups excluding carboxylic acids is 4. The summed E-state index contributed by atoms with van der Waals surface area (Å²) in [7, 11) is 1.56. The molecular weight excluding hydrogens is 570 g/mol. The number of ether oxygens (including phenoxy) is 1. The maximum absolute atomic E-state index is 13.4. The van der Waals surface area contributed by atoms with Crippen molar-refractivity contribution in [2.45, 2.75) is 38.9 Å². The van der Waals surface area contributed by atoms with Crippen LogP contribution in [0.3, 0.4) is 0 Å². The van der Waals surface area contributed by atoms with E-state index >= 15 is 0 Å². The van der Waals surface area contributed by atoms with E-state index in [1.54, 1.807) is 36.2 Å². The third-order valence-corrected chi connectivity index (χ3v) is 9.16. The zero-order valence-corrected chi connectivity index (χ0v) is 24.9. The zero-order chi connectivity index (χ0) is 30.6. The van der Waals surface area contributed by atoms with Gasteiger partial charge in [-0.2, -0.15) is 0 Å². The average molecular weight is 604 g/mol. The van der Waals surface area contributed by atoms with Crippen LogP contribution in [-0.4, -0.2) is 60.6 Å². The van der Waals surface area contributed by atoms with E-state index in [2.05, 4.69) is 39.8 Å². The predicted octanol–water partition coefficient (Wildman–Crippen LogP) is 3.27. The fourth-order valence-corrected chi connectivity index (χ4v) is 6.55. The first kappa shape index (κ1) is 29.8. The highest BCUT2D eigenvalue weighted by Gasteiger charge is 2.69. The second-order valence-electron chi connectivity index (χ2n) is 10.8. The molecule has 2 heterocycles. The van der Waals surface area contributed by atoms with E-state index in [1.807, 2.05) is 41.8 Å². The molecule has 12 heteroatoms.